The number of carboxylic acid groups (broad SMARTS) is 1. The maximum Gasteiger partial charge on any atom is 0.305 e. The Morgan fingerprint density at radius 1 is 1.40 bits per heavy atom. The van der Waals surface area contributed by atoms with Crippen LogP contribution < -0.4 is 5.73 Å². The van der Waals surface area contributed by atoms with Gasteiger partial charge in [0.15, 0.2) is 5.75 Å². The van der Waals surface area contributed by atoms with Crippen LogP contribution in [0.3, 0.4) is 0 Å². The third-order valence-corrected chi connectivity index (χ3v) is 2.44. The molecule has 0 unspecified atom stereocenters. The predicted octanol–water partition coefficient (Wildman–Crippen LogP) is 2.17. The average Bonchev–Trinajstić information content (AvgIpc) is 2.12. The molecule has 0 saturated heterocycles. The van der Waals surface area contributed by atoms with Gasteiger partial charge in [0, 0.05) is 6.04 Å². The minimum absolute atomic E-state index is 0.0540. The van der Waals surface area contributed by atoms with Gasteiger partial charge in [0.05, 0.1) is 16.5 Å². The molecule has 0 amide bonds. The van der Waals surface area contributed by atoms with Crippen LogP contribution in [0, 0.1) is 0 Å². The van der Waals surface area contributed by atoms with Crippen molar-refractivity contribution < 1.29 is 15.0 Å². The van der Waals surface area contributed by atoms with E-state index in [1.165, 1.54) is 12.1 Å². The molecular formula is C9H9Cl2NO3. The number of halogens is 2. The predicted molar refractivity (Wildman–Crippen MR) is 57.3 cm³/mol. The van der Waals surface area contributed by atoms with Gasteiger partial charge in [-0.05, 0) is 17.7 Å². The van der Waals surface area contributed by atoms with Crippen LogP contribution in [-0.2, 0) is 4.79 Å². The summed E-state index contributed by atoms with van der Waals surface area (Å²) in [6.07, 6.45) is -0.225. The first-order valence-corrected chi connectivity index (χ1v) is 4.82. The van der Waals surface area contributed by atoms with Crippen molar-refractivity contribution in [2.75, 3.05) is 0 Å². The molecule has 0 radical (unpaired) electrons. The summed E-state index contributed by atoms with van der Waals surface area (Å²) in [6.45, 7) is 0. The molecule has 15 heavy (non-hydrogen) atoms. The van der Waals surface area contributed by atoms with E-state index >= 15 is 0 Å². The fourth-order valence-electron chi connectivity index (χ4n) is 1.11. The van der Waals surface area contributed by atoms with E-state index in [2.05, 4.69) is 0 Å². The molecule has 4 nitrogen and oxygen atoms in total. The van der Waals surface area contributed by atoms with Crippen LogP contribution in [-0.4, -0.2) is 16.2 Å². The summed E-state index contributed by atoms with van der Waals surface area (Å²) in [6, 6.07) is 2.10. The van der Waals surface area contributed by atoms with E-state index in [0.717, 1.165) is 0 Å². The fraction of sp³-hybridized carbons (Fsp3) is 0.222. The second-order valence-electron chi connectivity index (χ2n) is 3.04. The Morgan fingerprint density at radius 2 is 1.87 bits per heavy atom. The molecule has 0 aromatic heterocycles. The lowest BCUT2D eigenvalue weighted by Crippen LogP contribution is -2.14. The number of hydrogen-bond acceptors (Lipinski definition) is 3. The molecule has 4 N–H and O–H groups in total. The second-order valence-corrected chi connectivity index (χ2v) is 3.85. The molecule has 0 aliphatic carbocycles. The van der Waals surface area contributed by atoms with Gasteiger partial charge in [-0.1, -0.05) is 23.2 Å². The van der Waals surface area contributed by atoms with Gasteiger partial charge in [-0.3, -0.25) is 4.79 Å². The first-order valence-electron chi connectivity index (χ1n) is 4.07. The monoisotopic (exact) mass is 249 g/mol. The molecule has 6 heteroatoms. The van der Waals surface area contributed by atoms with E-state index in [9.17, 15) is 9.90 Å². The van der Waals surface area contributed by atoms with Gasteiger partial charge >= 0.3 is 5.97 Å². The number of phenols is 1. The number of hydrogen-bond donors (Lipinski definition) is 3. The molecule has 0 heterocycles. The van der Waals surface area contributed by atoms with E-state index in [-0.39, 0.29) is 22.2 Å². The number of aromatic hydroxyl groups is 1. The molecule has 1 aromatic rings. The first-order chi connectivity index (χ1) is 6.91. The van der Waals surface area contributed by atoms with Crippen LogP contribution in [0.4, 0.5) is 0 Å². The smallest absolute Gasteiger partial charge is 0.305 e. The van der Waals surface area contributed by atoms with Gasteiger partial charge in [-0.15, -0.1) is 0 Å². The highest BCUT2D eigenvalue weighted by molar-refractivity contribution is 6.37. The molecule has 82 valence electrons. The fourth-order valence-corrected chi connectivity index (χ4v) is 1.61. The van der Waals surface area contributed by atoms with Crippen molar-refractivity contribution >= 4 is 29.2 Å². The van der Waals surface area contributed by atoms with Crippen LogP contribution in [0.15, 0.2) is 12.1 Å². The molecule has 1 atom stereocenters. The number of carbonyl (C=O) groups is 1. The van der Waals surface area contributed by atoms with Gasteiger partial charge in [-0.25, -0.2) is 0 Å². The third kappa shape index (κ3) is 2.99. The van der Waals surface area contributed by atoms with Gasteiger partial charge in [-0.2, -0.15) is 0 Å². The molecule has 1 rings (SSSR count). The SMILES string of the molecule is N[C@@H](CC(=O)O)c1cc(Cl)c(O)c(Cl)c1. The Morgan fingerprint density at radius 3 is 2.27 bits per heavy atom. The highest BCUT2D eigenvalue weighted by Crippen LogP contribution is 2.34. The van der Waals surface area contributed by atoms with E-state index in [1.807, 2.05) is 0 Å². The maximum atomic E-state index is 10.4. The summed E-state index contributed by atoms with van der Waals surface area (Å²) >= 11 is 11.3. The summed E-state index contributed by atoms with van der Waals surface area (Å²) in [5, 5.41) is 17.9. The van der Waals surface area contributed by atoms with Gasteiger partial charge in [0.1, 0.15) is 0 Å². The summed E-state index contributed by atoms with van der Waals surface area (Å²) < 4.78 is 0. The average molecular weight is 250 g/mol. The summed E-state index contributed by atoms with van der Waals surface area (Å²) in [5.74, 6) is -1.24. The number of nitrogens with two attached hydrogens (primary N) is 1. The Hall–Kier alpha value is -0.970. The van der Waals surface area contributed by atoms with Crippen molar-refractivity contribution in [3.8, 4) is 5.75 Å². The summed E-state index contributed by atoms with van der Waals surface area (Å²) in [7, 11) is 0. The Bertz CT molecular complexity index is 372. The van der Waals surface area contributed by atoms with Crippen molar-refractivity contribution in [1.82, 2.24) is 0 Å². The van der Waals surface area contributed by atoms with Crippen molar-refractivity contribution in [3.63, 3.8) is 0 Å². The Kier molecular flexibility index (Phi) is 3.79. The van der Waals surface area contributed by atoms with Crippen LogP contribution in [0.2, 0.25) is 10.0 Å². The van der Waals surface area contributed by atoms with Crippen LogP contribution in [0.1, 0.15) is 18.0 Å². The lowest BCUT2D eigenvalue weighted by atomic mass is 10.0. The molecule has 0 aliphatic heterocycles. The van der Waals surface area contributed by atoms with E-state index in [0.29, 0.717) is 5.56 Å². The topological polar surface area (TPSA) is 83.6 Å². The van der Waals surface area contributed by atoms with Crippen molar-refractivity contribution in [3.05, 3.63) is 27.7 Å². The van der Waals surface area contributed by atoms with Crippen molar-refractivity contribution in [2.45, 2.75) is 12.5 Å². The number of benzene rings is 1. The zero-order valence-electron chi connectivity index (χ0n) is 7.58. The standard InChI is InChI=1S/C9H9Cl2NO3/c10-5-1-4(2-6(11)9(5)15)7(12)3-8(13)14/h1-2,7,15H,3,12H2,(H,13,14)/t7-/m0/s1. The van der Waals surface area contributed by atoms with Crippen LogP contribution in [0.25, 0.3) is 0 Å². The van der Waals surface area contributed by atoms with E-state index < -0.39 is 12.0 Å². The Balaban J connectivity index is 3.00. The minimum atomic E-state index is -1.01. The molecule has 0 spiro atoms. The molecule has 0 fully saturated rings. The van der Waals surface area contributed by atoms with E-state index in [4.69, 9.17) is 34.0 Å². The van der Waals surface area contributed by atoms with Crippen LogP contribution in [0.5, 0.6) is 5.75 Å². The molecule has 1 aromatic carbocycles. The maximum absolute atomic E-state index is 10.4. The van der Waals surface area contributed by atoms with E-state index in [1.54, 1.807) is 0 Å². The van der Waals surface area contributed by atoms with Gasteiger partial charge in [0.25, 0.3) is 0 Å². The zero-order valence-corrected chi connectivity index (χ0v) is 9.09. The lowest BCUT2D eigenvalue weighted by molar-refractivity contribution is -0.137. The van der Waals surface area contributed by atoms with Crippen molar-refractivity contribution in [2.24, 2.45) is 5.73 Å². The minimum Gasteiger partial charge on any atom is -0.505 e. The molecular weight excluding hydrogens is 241 g/mol. The second kappa shape index (κ2) is 4.70. The van der Waals surface area contributed by atoms with Gasteiger partial charge in [0.2, 0.25) is 0 Å². The highest BCUT2D eigenvalue weighted by atomic mass is 35.5. The molecule has 0 aliphatic rings. The Labute approximate surface area is 96.2 Å². The van der Waals surface area contributed by atoms with Crippen LogP contribution >= 0.6 is 23.2 Å². The third-order valence-electron chi connectivity index (χ3n) is 1.86. The number of carboxylic acids is 1. The van der Waals surface area contributed by atoms with Gasteiger partial charge < -0.3 is 15.9 Å². The summed E-state index contributed by atoms with van der Waals surface area (Å²) in [5.41, 5.74) is 6.08. The molecule has 0 bridgehead atoms. The van der Waals surface area contributed by atoms with Crippen molar-refractivity contribution in [1.29, 1.82) is 0 Å². The number of phenolic OH excluding ortho intramolecular Hbond substituents is 1. The number of aliphatic carboxylic acids is 1. The zero-order chi connectivity index (χ0) is 11.6. The first kappa shape index (κ1) is 12.1. The highest BCUT2D eigenvalue weighted by Gasteiger charge is 2.14. The number of rotatable bonds is 3. The quantitative estimate of drug-likeness (QED) is 0.767. The summed E-state index contributed by atoms with van der Waals surface area (Å²) in [4.78, 5) is 10.4. The largest absolute Gasteiger partial charge is 0.505 e. The molecule has 0 saturated carbocycles. The normalized spacial score (nSPS) is 12.5. The lowest BCUT2D eigenvalue weighted by Gasteiger charge is -2.11.